The van der Waals surface area contributed by atoms with Gasteiger partial charge in [0.15, 0.2) is 5.82 Å². The van der Waals surface area contributed by atoms with Gasteiger partial charge < -0.3 is 0 Å². The van der Waals surface area contributed by atoms with Crippen LogP contribution in [0.5, 0.6) is 0 Å². The van der Waals surface area contributed by atoms with Crippen molar-refractivity contribution in [3.8, 4) is 11.4 Å². The molecule has 0 bridgehead atoms. The van der Waals surface area contributed by atoms with E-state index in [2.05, 4.69) is 9.68 Å². The molecule has 1 heterocycles. The van der Waals surface area contributed by atoms with Gasteiger partial charge in [0, 0.05) is 24.2 Å². The lowest BCUT2D eigenvalue weighted by atomic mass is 10.2. The fourth-order valence-electron chi connectivity index (χ4n) is 1.49. The van der Waals surface area contributed by atoms with Crippen molar-refractivity contribution >= 4 is 5.69 Å². The van der Waals surface area contributed by atoms with Crippen LogP contribution in [0.15, 0.2) is 33.6 Å². The summed E-state index contributed by atoms with van der Waals surface area (Å²) < 4.78 is 5.89. The molecule has 0 aliphatic rings. The summed E-state index contributed by atoms with van der Waals surface area (Å²) in [5.74, 6) is -0.173. The Hall–Kier alpha value is -2.44. The number of rotatable bonds is 3. The van der Waals surface area contributed by atoms with Gasteiger partial charge in [-0.15, -0.1) is 0 Å². The van der Waals surface area contributed by atoms with Crippen LogP contribution in [-0.2, 0) is 6.54 Å². The molecule has 0 aliphatic heterocycles. The molecule has 0 saturated heterocycles. The fraction of sp³-hybridized carbons (Fsp3) is 0.200. The van der Waals surface area contributed by atoms with E-state index in [1.165, 1.54) is 28.8 Å². The van der Waals surface area contributed by atoms with E-state index < -0.39 is 10.7 Å². The Kier molecular flexibility index (Phi) is 2.73. The summed E-state index contributed by atoms with van der Waals surface area (Å²) in [6, 6.07) is 5.77. The Bertz CT molecular complexity index is 597. The first kappa shape index (κ1) is 11.1. The first-order chi connectivity index (χ1) is 8.13. The quantitative estimate of drug-likeness (QED) is 0.592. The van der Waals surface area contributed by atoms with Crippen molar-refractivity contribution in [2.24, 2.45) is 0 Å². The van der Waals surface area contributed by atoms with E-state index in [1.807, 2.05) is 0 Å². The van der Waals surface area contributed by atoms with Crippen LogP contribution in [0.4, 0.5) is 5.69 Å². The normalized spacial score (nSPS) is 10.4. The summed E-state index contributed by atoms with van der Waals surface area (Å²) in [6.07, 6.45) is 0. The minimum absolute atomic E-state index is 0.0114. The van der Waals surface area contributed by atoms with Crippen LogP contribution >= 0.6 is 0 Å². The van der Waals surface area contributed by atoms with Gasteiger partial charge in [-0.3, -0.25) is 19.2 Å². The third-order valence-corrected chi connectivity index (χ3v) is 2.34. The minimum Gasteiger partial charge on any atom is -0.295 e. The van der Waals surface area contributed by atoms with Crippen molar-refractivity contribution in [1.29, 1.82) is 0 Å². The average molecular weight is 235 g/mol. The summed E-state index contributed by atoms with van der Waals surface area (Å²) in [5.41, 5.74) is 0.589. The molecule has 0 N–H and O–H groups in total. The summed E-state index contributed by atoms with van der Waals surface area (Å²) in [7, 11) is 0. The predicted octanol–water partition coefficient (Wildman–Crippen LogP) is 1.43. The van der Waals surface area contributed by atoms with Crippen LogP contribution < -0.4 is 5.76 Å². The molecule has 0 aliphatic carbocycles. The molecule has 17 heavy (non-hydrogen) atoms. The number of hydrogen-bond donors (Lipinski definition) is 0. The standard InChI is InChI=1S/C10H9N3O4/c1-2-12-9(11-17-10(12)14)7-3-5-8(6-4-7)13(15)16/h3-6H,2H2,1H3. The molecule has 7 heteroatoms. The Balaban J connectivity index is 2.46. The van der Waals surface area contributed by atoms with Crippen LogP contribution in [0.2, 0.25) is 0 Å². The lowest BCUT2D eigenvalue weighted by molar-refractivity contribution is -0.384. The molecule has 1 aromatic heterocycles. The van der Waals surface area contributed by atoms with E-state index in [0.717, 1.165) is 0 Å². The second-order valence-electron chi connectivity index (χ2n) is 3.32. The number of nitrogens with zero attached hydrogens (tertiary/aromatic N) is 3. The van der Waals surface area contributed by atoms with E-state index in [-0.39, 0.29) is 5.69 Å². The highest BCUT2D eigenvalue weighted by molar-refractivity contribution is 5.57. The Morgan fingerprint density at radius 3 is 2.59 bits per heavy atom. The topological polar surface area (TPSA) is 91.2 Å². The highest BCUT2D eigenvalue weighted by atomic mass is 16.6. The number of non-ortho nitro benzene ring substituents is 1. The lowest BCUT2D eigenvalue weighted by Gasteiger charge is -2.00. The van der Waals surface area contributed by atoms with Crippen molar-refractivity contribution in [1.82, 2.24) is 9.72 Å². The summed E-state index contributed by atoms with van der Waals surface area (Å²) in [5, 5.41) is 14.1. The zero-order valence-corrected chi connectivity index (χ0v) is 8.99. The van der Waals surface area contributed by atoms with E-state index in [4.69, 9.17) is 0 Å². The van der Waals surface area contributed by atoms with Gasteiger partial charge in [-0.2, -0.15) is 0 Å². The maximum atomic E-state index is 11.2. The molecule has 0 amide bonds. The number of aromatic nitrogens is 2. The molecule has 2 aromatic rings. The van der Waals surface area contributed by atoms with Crippen LogP contribution in [0, 0.1) is 10.1 Å². The van der Waals surface area contributed by atoms with Gasteiger partial charge in [0.05, 0.1) is 4.92 Å². The molecule has 0 unspecified atom stereocenters. The number of nitro groups is 1. The minimum atomic E-state index is -0.541. The summed E-state index contributed by atoms with van der Waals surface area (Å²) in [4.78, 5) is 21.3. The van der Waals surface area contributed by atoms with Crippen LogP contribution in [-0.4, -0.2) is 14.6 Å². The molecule has 1 aromatic carbocycles. The van der Waals surface area contributed by atoms with Crippen molar-refractivity contribution in [2.75, 3.05) is 0 Å². The van der Waals surface area contributed by atoms with E-state index in [9.17, 15) is 14.9 Å². The molecule has 0 fully saturated rings. The Morgan fingerprint density at radius 1 is 1.41 bits per heavy atom. The number of benzene rings is 1. The third-order valence-electron chi connectivity index (χ3n) is 2.34. The van der Waals surface area contributed by atoms with Gasteiger partial charge in [-0.1, -0.05) is 5.16 Å². The first-order valence-electron chi connectivity index (χ1n) is 4.95. The third kappa shape index (κ3) is 1.94. The van der Waals surface area contributed by atoms with Crippen LogP contribution in [0.25, 0.3) is 11.4 Å². The second-order valence-corrected chi connectivity index (χ2v) is 3.32. The van der Waals surface area contributed by atoms with Crippen LogP contribution in [0.1, 0.15) is 6.92 Å². The molecule has 2 rings (SSSR count). The molecule has 0 spiro atoms. The van der Waals surface area contributed by atoms with Gasteiger partial charge in [-0.25, -0.2) is 4.79 Å². The SMILES string of the molecule is CCn1c(-c2ccc([N+](=O)[O-])cc2)noc1=O. The maximum Gasteiger partial charge on any atom is 0.441 e. The lowest BCUT2D eigenvalue weighted by Crippen LogP contribution is -2.13. The maximum absolute atomic E-state index is 11.2. The molecule has 0 saturated carbocycles. The van der Waals surface area contributed by atoms with Crippen molar-refractivity contribution in [2.45, 2.75) is 13.5 Å². The number of hydrogen-bond acceptors (Lipinski definition) is 5. The largest absolute Gasteiger partial charge is 0.441 e. The number of nitro benzene ring substituents is 1. The highest BCUT2D eigenvalue weighted by Gasteiger charge is 2.12. The summed E-state index contributed by atoms with van der Waals surface area (Å²) in [6.45, 7) is 2.21. The first-order valence-corrected chi connectivity index (χ1v) is 4.95. The van der Waals surface area contributed by atoms with Crippen molar-refractivity contribution in [3.05, 3.63) is 44.9 Å². The second kappa shape index (κ2) is 4.20. The molecule has 0 atom stereocenters. The van der Waals surface area contributed by atoms with Crippen molar-refractivity contribution < 1.29 is 9.45 Å². The fourth-order valence-corrected chi connectivity index (χ4v) is 1.49. The van der Waals surface area contributed by atoms with Gasteiger partial charge in [0.25, 0.3) is 5.69 Å². The van der Waals surface area contributed by atoms with E-state index in [1.54, 1.807) is 6.92 Å². The molecular weight excluding hydrogens is 226 g/mol. The summed E-state index contributed by atoms with van der Waals surface area (Å²) >= 11 is 0. The average Bonchev–Trinajstić information content (AvgIpc) is 2.70. The highest BCUT2D eigenvalue weighted by Crippen LogP contribution is 2.19. The smallest absolute Gasteiger partial charge is 0.295 e. The predicted molar refractivity (Wildman–Crippen MR) is 58.5 cm³/mol. The molecular formula is C10H9N3O4. The molecule has 0 radical (unpaired) electrons. The van der Waals surface area contributed by atoms with E-state index in [0.29, 0.717) is 17.9 Å². The van der Waals surface area contributed by atoms with Crippen LogP contribution in [0.3, 0.4) is 0 Å². The van der Waals surface area contributed by atoms with Gasteiger partial charge in [-0.05, 0) is 19.1 Å². The molecule has 88 valence electrons. The van der Waals surface area contributed by atoms with Crippen molar-refractivity contribution in [3.63, 3.8) is 0 Å². The monoisotopic (exact) mass is 235 g/mol. The Morgan fingerprint density at radius 2 is 2.06 bits per heavy atom. The molecule has 7 nitrogen and oxygen atoms in total. The zero-order valence-electron chi connectivity index (χ0n) is 8.99. The van der Waals surface area contributed by atoms with Gasteiger partial charge in [0.2, 0.25) is 0 Å². The Labute approximate surface area is 95.4 Å². The van der Waals surface area contributed by atoms with Gasteiger partial charge in [0.1, 0.15) is 0 Å². The van der Waals surface area contributed by atoms with E-state index >= 15 is 0 Å². The van der Waals surface area contributed by atoms with Gasteiger partial charge >= 0.3 is 5.76 Å². The zero-order chi connectivity index (χ0) is 12.4.